The maximum atomic E-state index is 12.5. The van der Waals surface area contributed by atoms with Crippen molar-refractivity contribution in [2.24, 2.45) is 0 Å². The van der Waals surface area contributed by atoms with Crippen molar-refractivity contribution in [1.82, 2.24) is 0 Å². The fraction of sp³-hybridized carbons (Fsp3) is 0.167. The normalized spacial score (nSPS) is 18.6. The minimum atomic E-state index is -0.219. The molecule has 0 bridgehead atoms. The highest BCUT2D eigenvalue weighted by molar-refractivity contribution is 6.17. The minimum absolute atomic E-state index is 0.157. The van der Waals surface area contributed by atoms with E-state index in [0.29, 0.717) is 0 Å². The Bertz CT molecular complexity index is 663. The number of carbonyl (C=O) groups is 1. The largest absolute Gasteiger partial charge is 0.289 e. The van der Waals surface area contributed by atoms with E-state index in [-0.39, 0.29) is 11.2 Å². The topological polar surface area (TPSA) is 17.1 Å². The van der Waals surface area contributed by atoms with Crippen molar-refractivity contribution >= 4 is 11.9 Å². The molecule has 2 aromatic rings. The van der Waals surface area contributed by atoms with Gasteiger partial charge in [-0.15, -0.1) is 0 Å². The predicted molar refractivity (Wildman–Crippen MR) is 78.2 cm³/mol. The molecule has 0 N–H and O–H groups in total. The molecule has 94 valence electrons. The molecule has 0 saturated carbocycles. The summed E-state index contributed by atoms with van der Waals surface area (Å²) in [7, 11) is 0. The Morgan fingerprint density at radius 2 is 1.53 bits per heavy atom. The van der Waals surface area contributed by atoms with E-state index >= 15 is 0 Å². The van der Waals surface area contributed by atoms with Crippen molar-refractivity contribution < 1.29 is 4.79 Å². The van der Waals surface area contributed by atoms with Gasteiger partial charge >= 0.3 is 0 Å². The first-order valence-corrected chi connectivity index (χ1v) is 6.52. The van der Waals surface area contributed by atoms with Gasteiger partial charge in [-0.2, -0.15) is 0 Å². The van der Waals surface area contributed by atoms with Crippen LogP contribution in [0.5, 0.6) is 0 Å². The number of fused-ring (bicyclic) bond motifs is 1. The van der Waals surface area contributed by atoms with Crippen LogP contribution in [0.3, 0.4) is 0 Å². The first-order valence-electron chi connectivity index (χ1n) is 6.52. The number of hydrogen-bond acceptors (Lipinski definition) is 1. The number of ketones is 1. The summed E-state index contributed by atoms with van der Waals surface area (Å²) in [6.07, 6.45) is 2.02. The third-order valence-electron chi connectivity index (χ3n) is 3.87. The van der Waals surface area contributed by atoms with Crippen molar-refractivity contribution in [3.63, 3.8) is 0 Å². The smallest absolute Gasteiger partial charge is 0.190 e. The van der Waals surface area contributed by atoms with Gasteiger partial charge in [0.2, 0.25) is 0 Å². The van der Waals surface area contributed by atoms with Crippen LogP contribution in [0.15, 0.2) is 60.2 Å². The van der Waals surface area contributed by atoms with Crippen LogP contribution in [-0.4, -0.2) is 5.78 Å². The van der Waals surface area contributed by atoms with E-state index in [9.17, 15) is 4.79 Å². The highest BCUT2D eigenvalue weighted by atomic mass is 16.1. The minimum Gasteiger partial charge on any atom is -0.289 e. The molecule has 0 amide bonds. The van der Waals surface area contributed by atoms with Crippen molar-refractivity contribution in [3.05, 3.63) is 76.9 Å². The van der Waals surface area contributed by atoms with Crippen LogP contribution < -0.4 is 0 Å². The summed E-state index contributed by atoms with van der Waals surface area (Å²) in [5, 5.41) is 0. The summed E-state index contributed by atoms with van der Waals surface area (Å²) in [5.74, 6) is 0.157. The molecule has 1 aliphatic carbocycles. The fourth-order valence-electron chi connectivity index (χ4n) is 2.76. The standard InChI is InChI=1S/C18H16O/c1-18(2)15-11-7-6-10-14(15)17(19)16(18)12-13-8-4-3-5-9-13/h3-12H,1-2H3/b16-12+. The Hall–Kier alpha value is -2.15. The van der Waals surface area contributed by atoms with Gasteiger partial charge in [0.1, 0.15) is 0 Å². The number of Topliss-reactive ketones (excluding diaryl/α,β-unsaturated/α-hetero) is 1. The second kappa shape index (κ2) is 4.20. The molecule has 1 aliphatic rings. The molecule has 0 spiro atoms. The van der Waals surface area contributed by atoms with Crippen LogP contribution in [0.1, 0.15) is 35.3 Å². The summed E-state index contributed by atoms with van der Waals surface area (Å²) < 4.78 is 0. The van der Waals surface area contributed by atoms with E-state index < -0.39 is 0 Å². The van der Waals surface area contributed by atoms with Crippen molar-refractivity contribution in [3.8, 4) is 0 Å². The predicted octanol–water partition coefficient (Wildman–Crippen LogP) is 4.24. The average Bonchev–Trinajstić information content (AvgIpc) is 2.62. The molecular weight excluding hydrogens is 232 g/mol. The molecule has 0 aliphatic heterocycles. The second-order valence-electron chi connectivity index (χ2n) is 5.47. The van der Waals surface area contributed by atoms with E-state index in [1.165, 1.54) is 0 Å². The maximum Gasteiger partial charge on any atom is 0.190 e. The van der Waals surface area contributed by atoms with Gasteiger partial charge in [0.25, 0.3) is 0 Å². The Balaban J connectivity index is 2.16. The first-order chi connectivity index (χ1) is 9.10. The summed E-state index contributed by atoms with van der Waals surface area (Å²) in [6.45, 7) is 4.23. The van der Waals surface area contributed by atoms with Crippen LogP contribution in [0.4, 0.5) is 0 Å². The van der Waals surface area contributed by atoms with E-state index in [4.69, 9.17) is 0 Å². The molecule has 1 nitrogen and oxygen atoms in total. The van der Waals surface area contributed by atoms with Gasteiger partial charge in [0.15, 0.2) is 5.78 Å². The summed E-state index contributed by atoms with van der Waals surface area (Å²) >= 11 is 0. The SMILES string of the molecule is CC1(C)/C(=C/c2ccccc2)C(=O)c2ccccc21. The van der Waals surface area contributed by atoms with Gasteiger partial charge in [-0.3, -0.25) is 4.79 Å². The molecule has 0 saturated heterocycles. The van der Waals surface area contributed by atoms with Crippen LogP contribution in [0.25, 0.3) is 6.08 Å². The zero-order chi connectivity index (χ0) is 13.5. The molecule has 2 aromatic carbocycles. The van der Waals surface area contributed by atoms with Gasteiger partial charge < -0.3 is 0 Å². The molecular formula is C18H16O. The maximum absolute atomic E-state index is 12.5. The molecule has 0 aromatic heterocycles. The number of rotatable bonds is 1. The highest BCUT2D eigenvalue weighted by Crippen LogP contribution is 2.43. The fourth-order valence-corrected chi connectivity index (χ4v) is 2.76. The quantitative estimate of drug-likeness (QED) is 0.690. The molecule has 0 atom stereocenters. The van der Waals surface area contributed by atoms with E-state index in [1.807, 2.05) is 54.6 Å². The molecule has 1 heteroatoms. The van der Waals surface area contributed by atoms with Gasteiger partial charge in [0, 0.05) is 16.6 Å². The van der Waals surface area contributed by atoms with Crippen molar-refractivity contribution in [2.75, 3.05) is 0 Å². The Morgan fingerprint density at radius 1 is 0.895 bits per heavy atom. The van der Waals surface area contributed by atoms with Crippen LogP contribution in [0.2, 0.25) is 0 Å². The third kappa shape index (κ3) is 1.82. The van der Waals surface area contributed by atoms with E-state index in [2.05, 4.69) is 19.9 Å². The van der Waals surface area contributed by atoms with Crippen molar-refractivity contribution in [1.29, 1.82) is 0 Å². The Morgan fingerprint density at radius 3 is 2.21 bits per heavy atom. The third-order valence-corrected chi connectivity index (χ3v) is 3.87. The lowest BCUT2D eigenvalue weighted by Gasteiger charge is -2.20. The zero-order valence-corrected chi connectivity index (χ0v) is 11.2. The molecule has 0 radical (unpaired) electrons. The summed E-state index contributed by atoms with van der Waals surface area (Å²) in [5.41, 5.74) is 3.70. The molecule has 0 heterocycles. The Kier molecular flexibility index (Phi) is 2.63. The lowest BCUT2D eigenvalue weighted by atomic mass is 9.82. The molecule has 3 rings (SSSR count). The van der Waals surface area contributed by atoms with Gasteiger partial charge in [-0.05, 0) is 17.2 Å². The number of carbonyl (C=O) groups excluding carboxylic acids is 1. The van der Waals surface area contributed by atoms with E-state index in [1.54, 1.807) is 0 Å². The number of allylic oxidation sites excluding steroid dienone is 1. The van der Waals surface area contributed by atoms with Crippen LogP contribution >= 0.6 is 0 Å². The molecule has 0 fully saturated rings. The average molecular weight is 248 g/mol. The second-order valence-corrected chi connectivity index (χ2v) is 5.47. The highest BCUT2D eigenvalue weighted by Gasteiger charge is 2.40. The number of hydrogen-bond donors (Lipinski definition) is 0. The van der Waals surface area contributed by atoms with Gasteiger partial charge in [-0.1, -0.05) is 68.4 Å². The summed E-state index contributed by atoms with van der Waals surface area (Å²) in [6, 6.07) is 17.9. The summed E-state index contributed by atoms with van der Waals surface area (Å²) in [4.78, 5) is 12.5. The van der Waals surface area contributed by atoms with E-state index in [0.717, 1.165) is 22.3 Å². The lowest BCUT2D eigenvalue weighted by molar-refractivity contribution is 0.103. The molecule has 0 unspecified atom stereocenters. The Labute approximate surface area is 113 Å². The van der Waals surface area contributed by atoms with Crippen LogP contribution in [-0.2, 0) is 5.41 Å². The van der Waals surface area contributed by atoms with Gasteiger partial charge in [0.05, 0.1) is 0 Å². The molecule has 19 heavy (non-hydrogen) atoms. The number of benzene rings is 2. The monoisotopic (exact) mass is 248 g/mol. The van der Waals surface area contributed by atoms with Crippen LogP contribution in [0, 0.1) is 0 Å². The zero-order valence-electron chi connectivity index (χ0n) is 11.2. The van der Waals surface area contributed by atoms with Crippen molar-refractivity contribution in [2.45, 2.75) is 19.3 Å². The first kappa shape index (κ1) is 11.9. The lowest BCUT2D eigenvalue weighted by Crippen LogP contribution is -2.16. The van der Waals surface area contributed by atoms with Gasteiger partial charge in [-0.25, -0.2) is 0 Å².